The maximum absolute atomic E-state index is 12.4. The summed E-state index contributed by atoms with van der Waals surface area (Å²) in [6.07, 6.45) is 5.66. The van der Waals surface area contributed by atoms with Crippen molar-refractivity contribution >= 4 is 17.3 Å². The number of carbonyl (C=O) groups excluding carboxylic acids is 1. The topological polar surface area (TPSA) is 78.1 Å². The Hall–Kier alpha value is -4.06. The van der Waals surface area contributed by atoms with E-state index in [9.17, 15) is 4.79 Å². The minimum absolute atomic E-state index is 0. The number of hydrogen-bond acceptors (Lipinski definition) is 5. The first-order chi connectivity index (χ1) is 14.3. The highest BCUT2D eigenvalue weighted by atomic mass is 16.1. The Balaban J connectivity index is 0.00000171. The molecule has 1 aliphatic rings. The summed E-state index contributed by atoms with van der Waals surface area (Å²) in [6.45, 7) is 0.390. The zero-order valence-corrected chi connectivity index (χ0v) is 15.7. The number of nitrogens with zero attached hydrogens (tertiary/aromatic N) is 1. The monoisotopic (exact) mass is 387 g/mol. The molecule has 3 aromatic rings. The van der Waals surface area contributed by atoms with E-state index in [-0.39, 0.29) is 8.76 Å². The molecule has 1 aromatic heterocycles. The fourth-order valence-corrected chi connectivity index (χ4v) is 2.91. The number of rotatable bonds is 6. The first kappa shape index (κ1) is 18.3. The molecule has 0 aliphatic carbocycles. The fourth-order valence-electron chi connectivity index (χ4n) is 2.91. The van der Waals surface area contributed by atoms with Crippen molar-refractivity contribution < 1.29 is 7.65 Å². The Bertz CT molecular complexity index is 1060. The van der Waals surface area contributed by atoms with Crippen LogP contribution in [0.25, 0.3) is 5.70 Å². The first-order valence-electron chi connectivity index (χ1n) is 9.32. The van der Waals surface area contributed by atoms with Gasteiger partial charge in [-0.25, -0.2) is 0 Å². The van der Waals surface area contributed by atoms with Gasteiger partial charge in [0.15, 0.2) is 0 Å². The van der Waals surface area contributed by atoms with E-state index in [2.05, 4.69) is 26.5 Å². The molecule has 6 nitrogen and oxygen atoms in total. The Morgan fingerprint density at radius 1 is 0.931 bits per heavy atom. The predicted molar refractivity (Wildman–Crippen MR) is 118 cm³/mol. The van der Waals surface area contributed by atoms with Crippen molar-refractivity contribution in [1.29, 1.82) is 0 Å². The molecule has 148 valence electrons. The normalized spacial score (nSPS) is 12.7. The number of carbonyl (C=O) groups is 1. The van der Waals surface area contributed by atoms with Gasteiger partial charge in [-0.1, -0.05) is 42.5 Å². The number of hydrogen-bond donors (Lipinski definition) is 4. The Morgan fingerprint density at radius 2 is 1.79 bits per heavy atom. The van der Waals surface area contributed by atoms with Crippen LogP contribution in [0.5, 0.6) is 0 Å². The fraction of sp³-hybridized carbons (Fsp3) is 0.0435. The largest absolute Gasteiger partial charge is 0.346 e. The van der Waals surface area contributed by atoms with E-state index in [0.717, 1.165) is 28.5 Å². The summed E-state index contributed by atoms with van der Waals surface area (Å²) >= 11 is 0. The Labute approximate surface area is 172 Å². The second-order valence-electron chi connectivity index (χ2n) is 6.49. The third kappa shape index (κ3) is 4.81. The molecule has 29 heavy (non-hydrogen) atoms. The third-order valence-electron chi connectivity index (χ3n) is 4.39. The van der Waals surface area contributed by atoms with Gasteiger partial charge < -0.3 is 10.6 Å². The van der Waals surface area contributed by atoms with E-state index in [0.29, 0.717) is 12.1 Å². The van der Waals surface area contributed by atoms with Gasteiger partial charge in [-0.3, -0.25) is 20.6 Å². The van der Waals surface area contributed by atoms with Crippen LogP contribution in [-0.2, 0) is 6.54 Å². The third-order valence-corrected chi connectivity index (χ3v) is 4.39. The van der Waals surface area contributed by atoms with Gasteiger partial charge in [0.1, 0.15) is 5.82 Å². The zero-order valence-electron chi connectivity index (χ0n) is 15.7. The van der Waals surface area contributed by atoms with Crippen LogP contribution in [0.1, 0.15) is 24.5 Å². The average Bonchev–Trinajstić information content (AvgIpc) is 2.79. The molecule has 4 N–H and O–H groups in total. The number of benzene rings is 2. The summed E-state index contributed by atoms with van der Waals surface area (Å²) < 4.78 is 0. The highest BCUT2D eigenvalue weighted by Gasteiger charge is 2.09. The molecular weight excluding hydrogens is 362 g/mol. The minimum atomic E-state index is -0.144. The summed E-state index contributed by atoms with van der Waals surface area (Å²) in [4.78, 5) is 16.7. The van der Waals surface area contributed by atoms with Crippen molar-refractivity contribution in [2.45, 2.75) is 6.54 Å². The number of hydrazine groups is 1. The van der Waals surface area contributed by atoms with Crippen LogP contribution in [0.15, 0.2) is 97.0 Å². The molecule has 2 heterocycles. The lowest BCUT2D eigenvalue weighted by Crippen LogP contribution is -2.35. The van der Waals surface area contributed by atoms with Gasteiger partial charge in [0, 0.05) is 20.3 Å². The molecule has 0 spiro atoms. The molecule has 6 heteroatoms. The molecule has 2 aromatic carbocycles. The molecule has 0 fully saturated rings. The number of pyridine rings is 1. The maximum Gasteiger partial charge on any atom is 0.251 e. The van der Waals surface area contributed by atoms with E-state index in [1.54, 1.807) is 12.3 Å². The number of nitrogens with one attached hydrogen (secondary N) is 4. The lowest BCUT2D eigenvalue weighted by Gasteiger charge is -2.21. The van der Waals surface area contributed by atoms with Crippen LogP contribution in [-0.4, -0.2) is 10.9 Å². The van der Waals surface area contributed by atoms with Gasteiger partial charge in [0.2, 0.25) is 0 Å². The number of aromatic nitrogens is 1. The second kappa shape index (κ2) is 8.75. The number of allylic oxidation sites excluding steroid dienone is 2. The van der Waals surface area contributed by atoms with Crippen molar-refractivity contribution in [3.05, 3.63) is 114 Å². The molecule has 0 radical (unpaired) electrons. The quantitative estimate of drug-likeness (QED) is 0.516. The van der Waals surface area contributed by atoms with Crippen molar-refractivity contribution in [3.63, 3.8) is 0 Å². The van der Waals surface area contributed by atoms with E-state index in [1.165, 1.54) is 0 Å². The molecule has 1 amide bonds. The molecule has 1 aliphatic heterocycles. The molecule has 0 unspecified atom stereocenters. The smallest absolute Gasteiger partial charge is 0.251 e. The van der Waals surface area contributed by atoms with Gasteiger partial charge in [0.25, 0.3) is 5.91 Å². The van der Waals surface area contributed by atoms with Crippen LogP contribution in [0.2, 0.25) is 0 Å². The first-order valence-corrected chi connectivity index (χ1v) is 9.32. The van der Waals surface area contributed by atoms with E-state index < -0.39 is 0 Å². The standard InChI is InChI=1S/C23H21N5O.2H2/c29-23(25-16-20-10-4-5-14-24-20)18-9-6-11-19(15-18)26-22-13-12-21(27-28-22)17-7-2-1-3-8-17;;/h1-15,26-28H,16H2,(H,25,29);2*1H. The Morgan fingerprint density at radius 3 is 2.55 bits per heavy atom. The second-order valence-corrected chi connectivity index (χ2v) is 6.49. The van der Waals surface area contributed by atoms with Gasteiger partial charge in [0.05, 0.1) is 17.9 Å². The summed E-state index contributed by atoms with van der Waals surface area (Å²) in [5, 5.41) is 6.16. The summed E-state index contributed by atoms with van der Waals surface area (Å²) in [6, 6.07) is 23.1. The zero-order chi connectivity index (χ0) is 19.9. The van der Waals surface area contributed by atoms with Crippen LogP contribution in [0.3, 0.4) is 0 Å². The predicted octanol–water partition coefficient (Wildman–Crippen LogP) is 3.91. The average molecular weight is 387 g/mol. The van der Waals surface area contributed by atoms with E-state index >= 15 is 0 Å². The van der Waals surface area contributed by atoms with Crippen LogP contribution < -0.4 is 21.5 Å². The lowest BCUT2D eigenvalue weighted by molar-refractivity contribution is 0.0950. The number of anilines is 1. The summed E-state index contributed by atoms with van der Waals surface area (Å²) in [7, 11) is 0. The van der Waals surface area contributed by atoms with Crippen molar-refractivity contribution in [3.8, 4) is 0 Å². The van der Waals surface area contributed by atoms with Crippen molar-refractivity contribution in [2.75, 3.05) is 5.32 Å². The van der Waals surface area contributed by atoms with Crippen LogP contribution in [0.4, 0.5) is 5.69 Å². The van der Waals surface area contributed by atoms with Gasteiger partial charge in [-0.15, -0.1) is 0 Å². The highest BCUT2D eigenvalue weighted by Crippen LogP contribution is 2.16. The lowest BCUT2D eigenvalue weighted by atomic mass is 10.1. The van der Waals surface area contributed by atoms with Gasteiger partial charge in [-0.05, 0) is 48.0 Å². The molecule has 0 bridgehead atoms. The molecule has 0 atom stereocenters. The molecule has 4 rings (SSSR count). The molecular formula is C23H25N5O. The van der Waals surface area contributed by atoms with Crippen LogP contribution in [0, 0.1) is 0 Å². The minimum Gasteiger partial charge on any atom is -0.346 e. The van der Waals surface area contributed by atoms with Crippen molar-refractivity contribution in [1.82, 2.24) is 21.2 Å². The highest BCUT2D eigenvalue weighted by molar-refractivity contribution is 5.95. The number of amides is 1. The summed E-state index contributed by atoms with van der Waals surface area (Å²) in [5.41, 5.74) is 10.6. The summed E-state index contributed by atoms with van der Waals surface area (Å²) in [5.74, 6) is 0.644. The van der Waals surface area contributed by atoms with Crippen molar-refractivity contribution in [2.24, 2.45) is 0 Å². The Kier molecular flexibility index (Phi) is 5.53. The van der Waals surface area contributed by atoms with Gasteiger partial charge >= 0.3 is 0 Å². The molecule has 0 saturated heterocycles. The molecule has 0 saturated carbocycles. The van der Waals surface area contributed by atoms with E-state index in [1.807, 2.05) is 78.9 Å². The van der Waals surface area contributed by atoms with Gasteiger partial charge in [-0.2, -0.15) is 0 Å². The van der Waals surface area contributed by atoms with Crippen LogP contribution >= 0.6 is 0 Å². The maximum atomic E-state index is 12.4. The SMILES string of the molecule is O=C(NCc1ccccn1)c1cccc(NC2=CC=C(c3ccccc3)NN2)c1.[HH].[HH]. The van der Waals surface area contributed by atoms with E-state index in [4.69, 9.17) is 0 Å².